The van der Waals surface area contributed by atoms with Crippen LogP contribution in [-0.2, 0) is 20.8 Å². The van der Waals surface area contributed by atoms with Crippen LogP contribution in [0.25, 0.3) is 0 Å². The van der Waals surface area contributed by atoms with Gasteiger partial charge in [0.1, 0.15) is 5.75 Å². The summed E-state index contributed by atoms with van der Waals surface area (Å²) in [5.74, 6) is -0.573. The monoisotopic (exact) mass is 531 g/mol. The van der Waals surface area contributed by atoms with Crippen LogP contribution in [0.1, 0.15) is 12.0 Å². The van der Waals surface area contributed by atoms with Crippen molar-refractivity contribution in [3.05, 3.63) is 60.2 Å². The van der Waals surface area contributed by atoms with E-state index in [1.807, 2.05) is 30.3 Å². The highest BCUT2D eigenvalue weighted by Gasteiger charge is 2.66. The van der Waals surface area contributed by atoms with Crippen LogP contribution < -0.4 is 9.64 Å². The van der Waals surface area contributed by atoms with Gasteiger partial charge in [-0.2, -0.15) is 0 Å². The Morgan fingerprint density at radius 1 is 0.933 bits per heavy atom. The molecule has 0 spiro atoms. The zero-order valence-corrected chi connectivity index (χ0v) is 19.1. The summed E-state index contributed by atoms with van der Waals surface area (Å²) >= 11 is 7.40. The lowest BCUT2D eigenvalue weighted by Gasteiger charge is -2.28. The minimum absolute atomic E-state index is 0.144. The number of amides is 2. The Balaban J connectivity index is 1.35. The molecule has 6 atom stereocenters. The van der Waals surface area contributed by atoms with Crippen molar-refractivity contribution in [1.82, 2.24) is 0 Å². The highest BCUT2D eigenvalue weighted by atomic mass is 79.9. The topological polar surface area (TPSA) is 63.7 Å². The molecule has 2 saturated carbocycles. The zero-order chi connectivity index (χ0) is 21.0. The number of esters is 1. The molecule has 3 aliphatic rings. The van der Waals surface area contributed by atoms with Gasteiger partial charge in [0.05, 0.1) is 23.9 Å². The lowest BCUT2D eigenvalue weighted by atomic mass is 9.81. The summed E-state index contributed by atoms with van der Waals surface area (Å²) in [6, 6.07) is 16.0. The first-order chi connectivity index (χ1) is 14.5. The highest BCUT2D eigenvalue weighted by molar-refractivity contribution is 9.12. The summed E-state index contributed by atoms with van der Waals surface area (Å²) in [5, 5.41) is 0. The van der Waals surface area contributed by atoms with Gasteiger partial charge in [-0.15, -0.1) is 0 Å². The quantitative estimate of drug-likeness (QED) is 0.257. The van der Waals surface area contributed by atoms with E-state index in [2.05, 4.69) is 31.9 Å². The first-order valence-corrected chi connectivity index (χ1v) is 11.8. The fourth-order valence-corrected chi connectivity index (χ4v) is 7.09. The molecule has 2 bridgehead atoms. The number of anilines is 1. The predicted octanol–water partition coefficient (Wildman–Crippen LogP) is 4.12. The number of fused-ring (bicyclic) bond motifs is 5. The number of alkyl halides is 2. The molecular weight excluding hydrogens is 514 g/mol. The molecular formula is C23H19Br2NO4. The van der Waals surface area contributed by atoms with Gasteiger partial charge >= 0.3 is 5.97 Å². The molecule has 0 aromatic heterocycles. The zero-order valence-electron chi connectivity index (χ0n) is 15.9. The molecule has 1 saturated heterocycles. The summed E-state index contributed by atoms with van der Waals surface area (Å²) in [5.41, 5.74) is 1.32. The molecule has 2 amide bonds. The van der Waals surface area contributed by atoms with E-state index in [4.69, 9.17) is 4.74 Å². The minimum atomic E-state index is -0.392. The van der Waals surface area contributed by atoms with Crippen LogP contribution in [-0.4, -0.2) is 27.4 Å². The highest BCUT2D eigenvalue weighted by Crippen LogP contribution is 2.60. The smallest absolute Gasteiger partial charge is 0.315 e. The van der Waals surface area contributed by atoms with Crippen LogP contribution in [0.3, 0.4) is 0 Å². The van der Waals surface area contributed by atoms with Crippen molar-refractivity contribution < 1.29 is 19.1 Å². The van der Waals surface area contributed by atoms with Crippen molar-refractivity contribution in [2.24, 2.45) is 23.7 Å². The Hall–Kier alpha value is -1.99. The number of hydrogen-bond donors (Lipinski definition) is 0. The Kier molecular flexibility index (Phi) is 5.06. The molecule has 0 N–H and O–H groups in total. The number of imide groups is 1. The van der Waals surface area contributed by atoms with Crippen molar-refractivity contribution in [3.63, 3.8) is 0 Å². The molecule has 2 aliphatic carbocycles. The van der Waals surface area contributed by atoms with Gasteiger partial charge in [-0.25, -0.2) is 4.90 Å². The van der Waals surface area contributed by atoms with Gasteiger partial charge in [0.2, 0.25) is 11.8 Å². The largest absolute Gasteiger partial charge is 0.426 e. The number of nitrogens with zero attached hydrogens (tertiary/aromatic N) is 1. The number of hydrogen-bond acceptors (Lipinski definition) is 4. The molecule has 0 unspecified atom stereocenters. The summed E-state index contributed by atoms with van der Waals surface area (Å²) < 4.78 is 5.47. The summed E-state index contributed by atoms with van der Waals surface area (Å²) in [6.45, 7) is 0. The molecule has 2 aromatic carbocycles. The second-order valence-corrected chi connectivity index (χ2v) is 10.3. The molecule has 0 radical (unpaired) electrons. The van der Waals surface area contributed by atoms with Crippen LogP contribution in [0.15, 0.2) is 54.6 Å². The summed E-state index contributed by atoms with van der Waals surface area (Å²) in [7, 11) is 0. The minimum Gasteiger partial charge on any atom is -0.426 e. The third-order valence-electron chi connectivity index (χ3n) is 6.49. The number of halogens is 2. The van der Waals surface area contributed by atoms with E-state index in [1.165, 1.54) is 4.90 Å². The number of ether oxygens (including phenoxy) is 1. The molecule has 5 nitrogen and oxygen atoms in total. The van der Waals surface area contributed by atoms with Gasteiger partial charge in [0.15, 0.2) is 0 Å². The average molecular weight is 533 g/mol. The van der Waals surface area contributed by atoms with Crippen LogP contribution >= 0.6 is 31.9 Å². The Morgan fingerprint density at radius 2 is 1.57 bits per heavy atom. The van der Waals surface area contributed by atoms with Crippen molar-refractivity contribution in [2.75, 3.05) is 4.90 Å². The van der Waals surface area contributed by atoms with E-state index in [-0.39, 0.29) is 51.6 Å². The second-order valence-electron chi connectivity index (χ2n) is 8.15. The predicted molar refractivity (Wildman–Crippen MR) is 119 cm³/mol. The molecule has 3 fully saturated rings. The number of rotatable bonds is 4. The molecule has 7 heteroatoms. The third kappa shape index (κ3) is 3.14. The van der Waals surface area contributed by atoms with E-state index in [0.29, 0.717) is 11.4 Å². The van der Waals surface area contributed by atoms with Crippen LogP contribution in [0.5, 0.6) is 5.75 Å². The maximum absolute atomic E-state index is 13.2. The average Bonchev–Trinajstić information content (AvgIpc) is 3.33. The number of carbonyl (C=O) groups is 3. The standard InChI is InChI=1S/C23H19Br2NO4/c24-20-15-11-16(21(20)25)19-18(15)22(28)26(23(19)29)13-7-4-8-14(10-13)30-17(27)9-12-5-2-1-3-6-12/h1-8,10,15-16,18-21H,9,11H2/t15-,16+,18-,19-,20+,21-/m0/s1. The van der Waals surface area contributed by atoms with Crippen molar-refractivity contribution >= 4 is 55.3 Å². The SMILES string of the molecule is O=C(Cc1ccccc1)Oc1cccc(N2C(=O)[C@H]3[C@@H]4C[C@@H]([C@H](Br)[C@@H]4Br)[C@@H]3C2=O)c1. The fraction of sp³-hybridized carbons (Fsp3) is 0.348. The van der Waals surface area contributed by atoms with Crippen LogP contribution in [0.2, 0.25) is 0 Å². The van der Waals surface area contributed by atoms with E-state index >= 15 is 0 Å². The molecule has 30 heavy (non-hydrogen) atoms. The Bertz CT molecular complexity index is 995. The number of carbonyl (C=O) groups excluding carboxylic acids is 3. The summed E-state index contributed by atoms with van der Waals surface area (Å²) in [6.07, 6.45) is 1.04. The van der Waals surface area contributed by atoms with E-state index in [9.17, 15) is 14.4 Å². The third-order valence-corrected chi connectivity index (χ3v) is 9.69. The van der Waals surface area contributed by atoms with Gasteiger partial charge in [-0.1, -0.05) is 68.3 Å². The maximum atomic E-state index is 13.2. The molecule has 5 rings (SSSR count). The van der Waals surface area contributed by atoms with Gasteiger partial charge in [-0.3, -0.25) is 14.4 Å². The Labute approximate surface area is 191 Å². The van der Waals surface area contributed by atoms with Crippen molar-refractivity contribution in [3.8, 4) is 5.75 Å². The molecule has 1 aliphatic heterocycles. The van der Waals surface area contributed by atoms with Crippen molar-refractivity contribution in [2.45, 2.75) is 22.5 Å². The normalized spacial score (nSPS) is 31.9. The lowest BCUT2D eigenvalue weighted by Crippen LogP contribution is -2.37. The van der Waals surface area contributed by atoms with Gasteiger partial charge in [0.25, 0.3) is 0 Å². The number of benzene rings is 2. The van der Waals surface area contributed by atoms with Gasteiger partial charge in [-0.05, 0) is 36.0 Å². The van der Waals surface area contributed by atoms with E-state index < -0.39 is 5.97 Å². The maximum Gasteiger partial charge on any atom is 0.315 e. The van der Waals surface area contributed by atoms with Gasteiger partial charge in [0, 0.05) is 15.7 Å². The molecule has 2 aromatic rings. The van der Waals surface area contributed by atoms with Crippen molar-refractivity contribution in [1.29, 1.82) is 0 Å². The second kappa shape index (κ2) is 7.61. The van der Waals surface area contributed by atoms with Crippen LogP contribution in [0.4, 0.5) is 5.69 Å². The summed E-state index contributed by atoms with van der Waals surface area (Å²) in [4.78, 5) is 40.3. The first kappa shape index (κ1) is 19.9. The van der Waals surface area contributed by atoms with Gasteiger partial charge < -0.3 is 4.74 Å². The van der Waals surface area contributed by atoms with Crippen LogP contribution in [0, 0.1) is 23.7 Å². The molecule has 154 valence electrons. The van der Waals surface area contributed by atoms with E-state index in [0.717, 1.165) is 12.0 Å². The molecule has 1 heterocycles. The fourth-order valence-electron chi connectivity index (χ4n) is 5.22. The van der Waals surface area contributed by atoms with E-state index in [1.54, 1.807) is 24.3 Å². The Morgan fingerprint density at radius 3 is 2.20 bits per heavy atom. The first-order valence-electron chi connectivity index (χ1n) is 9.96. The lowest BCUT2D eigenvalue weighted by molar-refractivity contribution is -0.133.